The first-order valence-corrected chi connectivity index (χ1v) is 5.21. The molecule has 0 aromatic carbocycles. The first-order valence-electron chi connectivity index (χ1n) is 5.21. The monoisotopic (exact) mass is 268 g/mol. The number of nitrogens with two attached hydrogens (primary N) is 1. The molecule has 2 N–H and O–H groups in total. The van der Waals surface area contributed by atoms with Gasteiger partial charge in [0, 0.05) is 19.6 Å². The topological polar surface area (TPSA) is 72.6 Å². The van der Waals surface area contributed by atoms with Gasteiger partial charge in [-0.15, -0.1) is 0 Å². The molecule has 0 saturated heterocycles. The minimum atomic E-state index is -5.16. The summed E-state index contributed by atoms with van der Waals surface area (Å²) in [4.78, 5) is 23.3. The third-order valence-electron chi connectivity index (χ3n) is 1.87. The van der Waals surface area contributed by atoms with Crippen molar-refractivity contribution in [1.82, 2.24) is 4.90 Å². The summed E-state index contributed by atoms with van der Waals surface area (Å²) >= 11 is 0. The van der Waals surface area contributed by atoms with Gasteiger partial charge in [0.25, 0.3) is 5.91 Å². The van der Waals surface area contributed by atoms with E-state index in [4.69, 9.17) is 5.73 Å². The third kappa shape index (κ3) is 5.17. The number of carbonyl (C=O) groups is 2. The van der Waals surface area contributed by atoms with E-state index in [1.165, 1.54) is 4.90 Å². The smallest absolute Gasteiger partial charge is 0.415 e. The highest BCUT2D eigenvalue weighted by molar-refractivity contribution is 5.94. The van der Waals surface area contributed by atoms with Crippen molar-refractivity contribution in [2.24, 2.45) is 5.73 Å². The maximum atomic E-state index is 11.9. The van der Waals surface area contributed by atoms with Gasteiger partial charge in [0.1, 0.15) is 0 Å². The highest BCUT2D eigenvalue weighted by Gasteiger charge is 2.42. The number of hydrogen-bond acceptors (Lipinski definition) is 4. The normalized spacial score (nSPS) is 10.9. The van der Waals surface area contributed by atoms with Gasteiger partial charge in [0.2, 0.25) is 0 Å². The summed E-state index contributed by atoms with van der Waals surface area (Å²) in [7, 11) is 0. The second-order valence-electron chi connectivity index (χ2n) is 3.39. The molecular weight excluding hydrogens is 253 g/mol. The molecule has 0 spiro atoms. The Balaban J connectivity index is 4.57. The van der Waals surface area contributed by atoms with Crippen molar-refractivity contribution in [2.75, 3.05) is 19.6 Å². The van der Waals surface area contributed by atoms with Crippen LogP contribution in [0.5, 0.6) is 0 Å². The van der Waals surface area contributed by atoms with Crippen molar-refractivity contribution in [1.29, 1.82) is 0 Å². The van der Waals surface area contributed by atoms with Gasteiger partial charge in [0.15, 0.2) is 5.76 Å². The molecule has 0 atom stereocenters. The number of ether oxygens (including phenoxy) is 1. The van der Waals surface area contributed by atoms with Gasteiger partial charge in [-0.05, 0) is 6.42 Å². The van der Waals surface area contributed by atoms with Crippen LogP contribution in [0.3, 0.4) is 0 Å². The van der Waals surface area contributed by atoms with Crippen molar-refractivity contribution in [2.45, 2.75) is 19.5 Å². The second kappa shape index (κ2) is 7.00. The van der Waals surface area contributed by atoms with E-state index < -0.39 is 23.8 Å². The van der Waals surface area contributed by atoms with Crippen LogP contribution in [0.4, 0.5) is 13.2 Å². The average molecular weight is 268 g/mol. The quantitative estimate of drug-likeness (QED) is 0.439. The molecule has 0 aliphatic carbocycles. The van der Waals surface area contributed by atoms with Crippen LogP contribution in [-0.2, 0) is 14.3 Å². The van der Waals surface area contributed by atoms with Crippen LogP contribution >= 0.6 is 0 Å². The summed E-state index contributed by atoms with van der Waals surface area (Å²) in [5.41, 5.74) is 5.26. The average Bonchev–Trinajstić information content (AvgIpc) is 2.26. The maximum absolute atomic E-state index is 11.9. The maximum Gasteiger partial charge on any atom is 0.491 e. The predicted octanol–water partition coefficient (Wildman–Crippen LogP) is 0.803. The molecule has 18 heavy (non-hydrogen) atoms. The van der Waals surface area contributed by atoms with E-state index in [1.54, 1.807) is 6.92 Å². The summed E-state index contributed by atoms with van der Waals surface area (Å²) < 4.78 is 39.6. The van der Waals surface area contributed by atoms with Crippen LogP contribution in [-0.4, -0.2) is 42.6 Å². The zero-order valence-electron chi connectivity index (χ0n) is 9.92. The molecule has 104 valence electrons. The number of esters is 1. The number of nitrogens with zero attached hydrogens (tertiary/aromatic N) is 1. The first-order chi connectivity index (χ1) is 8.23. The highest BCUT2D eigenvalue weighted by atomic mass is 19.4. The fourth-order valence-electron chi connectivity index (χ4n) is 1.13. The third-order valence-corrected chi connectivity index (χ3v) is 1.87. The van der Waals surface area contributed by atoms with Crippen LogP contribution in [0.25, 0.3) is 0 Å². The molecular formula is C10H15F3N2O3. The molecule has 0 bridgehead atoms. The van der Waals surface area contributed by atoms with Crippen molar-refractivity contribution in [3.05, 3.63) is 12.3 Å². The molecule has 0 aliphatic rings. The largest absolute Gasteiger partial charge is 0.491 e. The summed E-state index contributed by atoms with van der Waals surface area (Å²) in [6.07, 6.45) is -4.57. The highest BCUT2D eigenvalue weighted by Crippen LogP contribution is 2.18. The fraction of sp³-hybridized carbons (Fsp3) is 0.600. The van der Waals surface area contributed by atoms with Crippen LogP contribution in [0.2, 0.25) is 0 Å². The van der Waals surface area contributed by atoms with Gasteiger partial charge in [-0.1, -0.05) is 13.5 Å². The minimum Gasteiger partial charge on any atom is -0.415 e. The molecule has 5 nitrogen and oxygen atoms in total. The lowest BCUT2D eigenvalue weighted by molar-refractivity contribution is -0.196. The molecule has 0 unspecified atom stereocenters. The summed E-state index contributed by atoms with van der Waals surface area (Å²) in [6.45, 7) is 5.38. The molecule has 0 aromatic rings. The van der Waals surface area contributed by atoms with Gasteiger partial charge in [-0.2, -0.15) is 13.2 Å². The SMILES string of the molecule is C=C(OC(=O)C(F)(F)F)C(=O)N(CCC)CCN. The molecule has 8 heteroatoms. The Kier molecular flexibility index (Phi) is 6.39. The van der Waals surface area contributed by atoms with Crippen LogP contribution in [0.15, 0.2) is 12.3 Å². The standard InChI is InChI=1S/C10H15F3N2O3/c1-3-5-15(6-4-14)8(16)7(2)18-9(17)10(11,12)13/h2-6,14H2,1H3. The second-order valence-corrected chi connectivity index (χ2v) is 3.39. The van der Waals surface area contributed by atoms with Gasteiger partial charge < -0.3 is 15.4 Å². The van der Waals surface area contributed by atoms with Gasteiger partial charge in [-0.25, -0.2) is 4.79 Å². The lowest BCUT2D eigenvalue weighted by Gasteiger charge is -2.21. The van der Waals surface area contributed by atoms with E-state index in [0.717, 1.165) is 0 Å². The number of rotatable bonds is 6. The Bertz CT molecular complexity index is 323. The van der Waals surface area contributed by atoms with Gasteiger partial charge >= 0.3 is 12.1 Å². The number of amides is 1. The molecule has 0 radical (unpaired) electrons. The van der Waals surface area contributed by atoms with E-state index in [-0.39, 0.29) is 13.1 Å². The number of halogens is 3. The Hall–Kier alpha value is -1.57. The Morgan fingerprint density at radius 3 is 2.28 bits per heavy atom. The molecule has 0 aromatic heterocycles. The Morgan fingerprint density at radius 2 is 1.89 bits per heavy atom. The van der Waals surface area contributed by atoms with E-state index in [2.05, 4.69) is 11.3 Å². The summed E-state index contributed by atoms with van der Waals surface area (Å²) in [5.74, 6) is -4.20. The van der Waals surface area contributed by atoms with Crippen molar-refractivity contribution in [3.8, 4) is 0 Å². The molecule has 0 saturated carbocycles. The van der Waals surface area contributed by atoms with E-state index in [0.29, 0.717) is 13.0 Å². The van der Waals surface area contributed by atoms with Crippen molar-refractivity contribution >= 4 is 11.9 Å². The molecule has 0 aliphatic heterocycles. The molecule has 0 fully saturated rings. The zero-order chi connectivity index (χ0) is 14.3. The summed E-state index contributed by atoms with van der Waals surface area (Å²) in [6, 6.07) is 0. The molecule has 0 heterocycles. The molecule has 0 rings (SSSR count). The minimum absolute atomic E-state index is 0.145. The number of alkyl halides is 3. The van der Waals surface area contributed by atoms with Crippen LogP contribution in [0, 0.1) is 0 Å². The lowest BCUT2D eigenvalue weighted by Crippen LogP contribution is -2.38. The van der Waals surface area contributed by atoms with Crippen LogP contribution < -0.4 is 5.73 Å². The Morgan fingerprint density at radius 1 is 1.33 bits per heavy atom. The molecule has 1 amide bonds. The van der Waals surface area contributed by atoms with E-state index in [1.807, 2.05) is 0 Å². The predicted molar refractivity (Wildman–Crippen MR) is 57.2 cm³/mol. The van der Waals surface area contributed by atoms with Gasteiger partial charge in [0.05, 0.1) is 0 Å². The number of hydrogen-bond donors (Lipinski definition) is 1. The zero-order valence-corrected chi connectivity index (χ0v) is 9.92. The number of carbonyl (C=O) groups excluding carboxylic acids is 2. The lowest BCUT2D eigenvalue weighted by atomic mass is 10.3. The van der Waals surface area contributed by atoms with Crippen LogP contribution in [0.1, 0.15) is 13.3 Å². The Labute approximate surface area is 102 Å². The van der Waals surface area contributed by atoms with Gasteiger partial charge in [-0.3, -0.25) is 4.79 Å². The fourth-order valence-corrected chi connectivity index (χ4v) is 1.13. The van der Waals surface area contributed by atoms with Crippen molar-refractivity contribution in [3.63, 3.8) is 0 Å². The summed E-state index contributed by atoms with van der Waals surface area (Å²) in [5, 5.41) is 0. The van der Waals surface area contributed by atoms with E-state index in [9.17, 15) is 22.8 Å². The van der Waals surface area contributed by atoms with E-state index >= 15 is 0 Å². The van der Waals surface area contributed by atoms with Crippen molar-refractivity contribution < 1.29 is 27.5 Å². The first kappa shape index (κ1) is 16.4.